The van der Waals surface area contributed by atoms with Crippen molar-refractivity contribution in [3.63, 3.8) is 0 Å². The summed E-state index contributed by atoms with van der Waals surface area (Å²) in [5, 5.41) is 4.39. The van der Waals surface area contributed by atoms with E-state index in [0.717, 1.165) is 22.3 Å². The van der Waals surface area contributed by atoms with Crippen LogP contribution in [0.5, 0.6) is 0 Å². The van der Waals surface area contributed by atoms with Crippen LogP contribution in [-0.4, -0.2) is 39.8 Å². The normalized spacial score (nSPS) is 12.4. The second-order valence-electron chi connectivity index (χ2n) is 4.39. The molecule has 0 saturated carbocycles. The zero-order chi connectivity index (χ0) is 15.3. The quantitative estimate of drug-likeness (QED) is 0.674. The second kappa shape index (κ2) is 7.66. The summed E-state index contributed by atoms with van der Waals surface area (Å²) in [6.45, 7) is 3.88. The van der Waals surface area contributed by atoms with Crippen molar-refractivity contribution in [1.82, 2.24) is 14.7 Å². The molecular formula is C12H18BrClF3N3. The van der Waals surface area contributed by atoms with Gasteiger partial charge in [0.2, 0.25) is 0 Å². The van der Waals surface area contributed by atoms with Gasteiger partial charge >= 0.3 is 6.18 Å². The molecular weight excluding hydrogens is 359 g/mol. The number of nitrogens with zero attached hydrogens (tertiary/aromatic N) is 3. The fourth-order valence-corrected chi connectivity index (χ4v) is 2.90. The SMILES string of the molecule is CCc1nn(CC)c(CN(CCCl)CC(F)(F)F)c1Br. The van der Waals surface area contributed by atoms with Crippen LogP contribution >= 0.6 is 27.5 Å². The van der Waals surface area contributed by atoms with E-state index in [2.05, 4.69) is 21.0 Å². The van der Waals surface area contributed by atoms with Crippen molar-refractivity contribution < 1.29 is 13.2 Å². The minimum Gasteiger partial charge on any atom is -0.288 e. The Morgan fingerprint density at radius 2 is 2.00 bits per heavy atom. The van der Waals surface area contributed by atoms with Gasteiger partial charge in [-0.05, 0) is 29.3 Å². The Hall–Kier alpha value is -0.270. The molecule has 0 N–H and O–H groups in total. The Labute approximate surface area is 130 Å². The van der Waals surface area contributed by atoms with E-state index in [4.69, 9.17) is 11.6 Å². The molecule has 116 valence electrons. The molecule has 1 heterocycles. The Kier molecular flexibility index (Phi) is 6.81. The zero-order valence-corrected chi connectivity index (χ0v) is 13.8. The minimum atomic E-state index is -4.23. The maximum atomic E-state index is 12.6. The third kappa shape index (κ3) is 4.93. The predicted octanol–water partition coefficient (Wildman–Crippen LogP) is 3.83. The summed E-state index contributed by atoms with van der Waals surface area (Å²) < 4.78 is 40.2. The summed E-state index contributed by atoms with van der Waals surface area (Å²) in [4.78, 5) is 1.29. The standard InChI is InChI=1S/C12H18BrClF3N3/c1-3-9-11(13)10(20(4-2)18-9)7-19(6-5-14)8-12(15,16)17/h3-8H2,1-2H3. The molecule has 0 aliphatic heterocycles. The topological polar surface area (TPSA) is 21.1 Å². The highest BCUT2D eigenvalue weighted by Crippen LogP contribution is 2.25. The number of alkyl halides is 4. The van der Waals surface area contributed by atoms with E-state index in [9.17, 15) is 13.2 Å². The zero-order valence-electron chi connectivity index (χ0n) is 11.5. The number of aromatic nitrogens is 2. The fourth-order valence-electron chi connectivity index (χ4n) is 1.97. The van der Waals surface area contributed by atoms with E-state index < -0.39 is 12.7 Å². The van der Waals surface area contributed by atoms with Crippen molar-refractivity contribution in [3.05, 3.63) is 15.9 Å². The van der Waals surface area contributed by atoms with Crippen LogP contribution in [0.3, 0.4) is 0 Å². The summed E-state index contributed by atoms with van der Waals surface area (Å²) in [5.41, 5.74) is 1.62. The van der Waals surface area contributed by atoms with Gasteiger partial charge in [0.1, 0.15) is 0 Å². The lowest BCUT2D eigenvalue weighted by Gasteiger charge is -2.23. The predicted molar refractivity (Wildman–Crippen MR) is 77.0 cm³/mol. The molecule has 0 atom stereocenters. The highest BCUT2D eigenvalue weighted by molar-refractivity contribution is 9.10. The third-order valence-corrected chi connectivity index (χ3v) is 3.96. The maximum absolute atomic E-state index is 12.6. The molecule has 0 radical (unpaired) electrons. The largest absolute Gasteiger partial charge is 0.401 e. The number of aryl methyl sites for hydroxylation is 2. The smallest absolute Gasteiger partial charge is 0.288 e. The van der Waals surface area contributed by atoms with Gasteiger partial charge in [-0.15, -0.1) is 11.6 Å². The van der Waals surface area contributed by atoms with E-state index >= 15 is 0 Å². The molecule has 0 saturated heterocycles. The van der Waals surface area contributed by atoms with Gasteiger partial charge in [0, 0.05) is 25.5 Å². The summed E-state index contributed by atoms with van der Waals surface area (Å²) in [7, 11) is 0. The first-order valence-corrected chi connectivity index (χ1v) is 7.74. The van der Waals surface area contributed by atoms with Gasteiger partial charge in [0.05, 0.1) is 22.4 Å². The molecule has 0 aliphatic rings. The van der Waals surface area contributed by atoms with E-state index in [0.29, 0.717) is 6.54 Å². The van der Waals surface area contributed by atoms with Crippen LogP contribution in [0, 0.1) is 0 Å². The van der Waals surface area contributed by atoms with E-state index in [1.165, 1.54) is 4.90 Å². The van der Waals surface area contributed by atoms with Crippen molar-refractivity contribution in [2.75, 3.05) is 19.0 Å². The lowest BCUT2D eigenvalue weighted by atomic mass is 10.3. The monoisotopic (exact) mass is 375 g/mol. The Balaban J connectivity index is 2.95. The summed E-state index contributed by atoms with van der Waals surface area (Å²) in [6, 6.07) is 0. The lowest BCUT2D eigenvalue weighted by molar-refractivity contribution is -0.146. The molecule has 0 spiro atoms. The molecule has 0 bridgehead atoms. The van der Waals surface area contributed by atoms with E-state index in [-0.39, 0.29) is 19.0 Å². The molecule has 0 aromatic carbocycles. The van der Waals surface area contributed by atoms with Crippen LogP contribution < -0.4 is 0 Å². The van der Waals surface area contributed by atoms with Crippen LogP contribution in [-0.2, 0) is 19.5 Å². The Morgan fingerprint density at radius 3 is 2.45 bits per heavy atom. The van der Waals surface area contributed by atoms with Gasteiger partial charge < -0.3 is 0 Å². The number of halogens is 5. The third-order valence-electron chi connectivity index (χ3n) is 2.87. The Morgan fingerprint density at radius 1 is 1.35 bits per heavy atom. The van der Waals surface area contributed by atoms with E-state index in [1.807, 2.05) is 13.8 Å². The number of hydrogen-bond donors (Lipinski definition) is 0. The molecule has 8 heteroatoms. The van der Waals surface area contributed by atoms with Gasteiger partial charge in [-0.25, -0.2) is 0 Å². The van der Waals surface area contributed by atoms with Gasteiger partial charge in [0.15, 0.2) is 0 Å². The molecule has 1 aromatic rings. The highest BCUT2D eigenvalue weighted by Gasteiger charge is 2.31. The first-order valence-electron chi connectivity index (χ1n) is 6.41. The van der Waals surface area contributed by atoms with Gasteiger partial charge in [0.25, 0.3) is 0 Å². The van der Waals surface area contributed by atoms with Crippen molar-refractivity contribution in [1.29, 1.82) is 0 Å². The van der Waals surface area contributed by atoms with Crippen LogP contribution in [0.4, 0.5) is 13.2 Å². The minimum absolute atomic E-state index is 0.161. The molecule has 1 rings (SSSR count). The van der Waals surface area contributed by atoms with Crippen LogP contribution in [0.15, 0.2) is 4.47 Å². The summed E-state index contributed by atoms with van der Waals surface area (Å²) in [5.74, 6) is 0.161. The lowest BCUT2D eigenvalue weighted by Crippen LogP contribution is -2.35. The first-order chi connectivity index (χ1) is 9.32. The molecule has 1 aromatic heterocycles. The van der Waals surface area contributed by atoms with Crippen LogP contribution in [0.1, 0.15) is 25.2 Å². The average molecular weight is 377 g/mol. The average Bonchev–Trinajstić information content (AvgIpc) is 2.64. The van der Waals surface area contributed by atoms with Gasteiger partial charge in [-0.1, -0.05) is 6.92 Å². The maximum Gasteiger partial charge on any atom is 0.401 e. The number of hydrogen-bond acceptors (Lipinski definition) is 2. The first kappa shape index (κ1) is 17.8. The molecule has 3 nitrogen and oxygen atoms in total. The van der Waals surface area contributed by atoms with Gasteiger partial charge in [-0.2, -0.15) is 18.3 Å². The molecule has 0 aliphatic carbocycles. The molecule has 0 unspecified atom stereocenters. The van der Waals surface area contributed by atoms with Crippen LogP contribution in [0.25, 0.3) is 0 Å². The van der Waals surface area contributed by atoms with E-state index in [1.54, 1.807) is 4.68 Å². The molecule has 0 fully saturated rings. The second-order valence-corrected chi connectivity index (χ2v) is 5.56. The Bertz CT molecular complexity index is 434. The van der Waals surface area contributed by atoms with Gasteiger partial charge in [-0.3, -0.25) is 9.58 Å². The van der Waals surface area contributed by atoms with Crippen LogP contribution in [0.2, 0.25) is 0 Å². The van der Waals surface area contributed by atoms with Crippen molar-refractivity contribution in [3.8, 4) is 0 Å². The van der Waals surface area contributed by atoms with Crippen molar-refractivity contribution in [2.24, 2.45) is 0 Å². The van der Waals surface area contributed by atoms with Crippen molar-refractivity contribution >= 4 is 27.5 Å². The molecule has 20 heavy (non-hydrogen) atoms. The summed E-state index contributed by atoms with van der Waals surface area (Å²) in [6.07, 6.45) is -3.50. The summed E-state index contributed by atoms with van der Waals surface area (Å²) >= 11 is 9.03. The number of rotatable bonds is 7. The highest BCUT2D eigenvalue weighted by atomic mass is 79.9. The molecule has 0 amide bonds. The fraction of sp³-hybridized carbons (Fsp3) is 0.750. The van der Waals surface area contributed by atoms with Crippen molar-refractivity contribution in [2.45, 2.75) is 39.5 Å².